The summed E-state index contributed by atoms with van der Waals surface area (Å²) in [6, 6.07) is 9.04. The number of hydrogen-bond acceptors (Lipinski definition) is 5. The van der Waals surface area contributed by atoms with Gasteiger partial charge in [0.05, 0.1) is 11.4 Å². The van der Waals surface area contributed by atoms with Gasteiger partial charge in [-0.3, -0.25) is 4.79 Å². The summed E-state index contributed by atoms with van der Waals surface area (Å²) in [7, 11) is 0. The molecule has 0 fully saturated rings. The Morgan fingerprint density at radius 1 is 1.30 bits per heavy atom. The van der Waals surface area contributed by atoms with Crippen LogP contribution in [0.25, 0.3) is 5.69 Å². The fourth-order valence-electron chi connectivity index (χ4n) is 2.23. The number of aromatic amines is 1. The lowest BCUT2D eigenvalue weighted by molar-refractivity contribution is 0.102. The highest BCUT2D eigenvalue weighted by Gasteiger charge is 2.15. The molecule has 0 atom stereocenters. The molecule has 8 heteroatoms. The molecule has 1 N–H and O–H groups in total. The number of hydrogen-bond donors (Lipinski definition) is 1. The number of benzene rings is 1. The lowest BCUT2D eigenvalue weighted by Gasteiger charge is -2.04. The van der Waals surface area contributed by atoms with Crippen LogP contribution in [0.4, 0.5) is 0 Å². The predicted octanol–water partition coefficient (Wildman–Crippen LogP) is 3.24. The van der Waals surface area contributed by atoms with Gasteiger partial charge in [-0.2, -0.15) is 4.68 Å². The topological polar surface area (TPSA) is 76.5 Å². The summed E-state index contributed by atoms with van der Waals surface area (Å²) >= 11 is 7.19. The Morgan fingerprint density at radius 3 is 2.70 bits per heavy atom. The van der Waals surface area contributed by atoms with Gasteiger partial charge in [-0.25, -0.2) is 0 Å². The summed E-state index contributed by atoms with van der Waals surface area (Å²) in [4.78, 5) is 15.5. The van der Waals surface area contributed by atoms with Crippen molar-refractivity contribution < 1.29 is 4.79 Å². The summed E-state index contributed by atoms with van der Waals surface area (Å²) in [5, 5.41) is 12.8. The van der Waals surface area contributed by atoms with Crippen LogP contribution in [0.5, 0.6) is 0 Å². The highest BCUT2D eigenvalue weighted by molar-refractivity contribution is 7.99. The van der Waals surface area contributed by atoms with Crippen LogP contribution in [0.2, 0.25) is 5.02 Å². The van der Waals surface area contributed by atoms with Crippen LogP contribution >= 0.6 is 23.4 Å². The summed E-state index contributed by atoms with van der Waals surface area (Å²) < 4.78 is 1.59. The van der Waals surface area contributed by atoms with Crippen LogP contribution in [-0.2, 0) is 0 Å². The zero-order valence-corrected chi connectivity index (χ0v) is 14.1. The fourth-order valence-corrected chi connectivity index (χ4v) is 3.13. The van der Waals surface area contributed by atoms with Crippen LogP contribution in [0, 0.1) is 13.8 Å². The average molecular weight is 348 g/mol. The first-order valence-electron chi connectivity index (χ1n) is 6.91. The molecule has 0 spiro atoms. The molecule has 0 unspecified atom stereocenters. The van der Waals surface area contributed by atoms with E-state index in [1.165, 1.54) is 11.8 Å². The highest BCUT2D eigenvalue weighted by atomic mass is 35.5. The summed E-state index contributed by atoms with van der Waals surface area (Å²) in [5.41, 5.74) is 3.36. The van der Waals surface area contributed by atoms with E-state index < -0.39 is 0 Å². The van der Waals surface area contributed by atoms with Gasteiger partial charge < -0.3 is 4.98 Å². The number of nitrogens with zero attached hydrogens (tertiary/aromatic N) is 4. The second-order valence-corrected chi connectivity index (χ2v) is 6.43. The number of aryl methyl sites for hydroxylation is 2. The van der Waals surface area contributed by atoms with Gasteiger partial charge in [0.25, 0.3) is 0 Å². The van der Waals surface area contributed by atoms with E-state index >= 15 is 0 Å². The number of H-pyrrole nitrogens is 1. The number of rotatable bonds is 5. The number of Topliss-reactive ketones (excluding diaryl/α,β-unsaturated/α-hetero) is 1. The molecule has 0 saturated carbocycles. The van der Waals surface area contributed by atoms with E-state index in [0.717, 1.165) is 17.1 Å². The molecule has 6 nitrogen and oxygen atoms in total. The van der Waals surface area contributed by atoms with Crippen LogP contribution in [0.3, 0.4) is 0 Å². The van der Waals surface area contributed by atoms with E-state index in [-0.39, 0.29) is 11.5 Å². The Balaban J connectivity index is 1.74. The Bertz CT molecular complexity index is 840. The molecule has 118 valence electrons. The van der Waals surface area contributed by atoms with Gasteiger partial charge in [-0.05, 0) is 54.6 Å². The standard InChI is InChI=1S/C15H14ClN5OS/c1-9-7-13(10(2)17-9)14(22)8-23-15-18-19-20-21(15)12-5-3-11(16)4-6-12/h3-7,17H,8H2,1-2H3. The molecule has 1 aromatic carbocycles. The largest absolute Gasteiger partial charge is 0.362 e. The molecule has 0 aliphatic rings. The van der Waals surface area contributed by atoms with Gasteiger partial charge in [0.15, 0.2) is 5.78 Å². The lowest BCUT2D eigenvalue weighted by atomic mass is 10.2. The smallest absolute Gasteiger partial charge is 0.214 e. The number of thioether (sulfide) groups is 1. The van der Waals surface area contributed by atoms with Crippen molar-refractivity contribution >= 4 is 29.1 Å². The van der Waals surface area contributed by atoms with Crippen LogP contribution < -0.4 is 0 Å². The third-order valence-corrected chi connectivity index (χ3v) is 4.47. The van der Waals surface area contributed by atoms with Crippen molar-refractivity contribution in [2.45, 2.75) is 19.0 Å². The van der Waals surface area contributed by atoms with E-state index in [1.807, 2.05) is 32.0 Å². The molecule has 23 heavy (non-hydrogen) atoms. The molecule has 0 aliphatic carbocycles. The summed E-state index contributed by atoms with van der Waals surface area (Å²) in [6.07, 6.45) is 0. The van der Waals surface area contributed by atoms with E-state index in [1.54, 1.807) is 16.8 Å². The Labute approximate surface area is 142 Å². The molecule has 2 heterocycles. The second kappa shape index (κ2) is 6.55. The number of tetrazole rings is 1. The molecular formula is C15H14ClN5OS. The van der Waals surface area contributed by atoms with Crippen molar-refractivity contribution in [2.24, 2.45) is 0 Å². The number of aromatic nitrogens is 5. The van der Waals surface area contributed by atoms with Crippen LogP contribution in [0.1, 0.15) is 21.7 Å². The Kier molecular flexibility index (Phi) is 4.49. The molecule has 0 aliphatic heterocycles. The monoisotopic (exact) mass is 347 g/mol. The number of halogens is 1. The number of nitrogens with one attached hydrogen (secondary N) is 1. The fraction of sp³-hybridized carbons (Fsp3) is 0.200. The first kappa shape index (κ1) is 15.8. The Hall–Kier alpha value is -2.12. The maximum atomic E-state index is 12.3. The van der Waals surface area contributed by atoms with Crippen molar-refractivity contribution in [1.29, 1.82) is 0 Å². The molecule has 2 aromatic heterocycles. The molecule has 3 rings (SSSR count). The number of carbonyl (C=O) groups excluding carboxylic acids is 1. The summed E-state index contributed by atoms with van der Waals surface area (Å²) in [6.45, 7) is 3.82. The SMILES string of the molecule is Cc1cc(C(=O)CSc2nnnn2-c2ccc(Cl)cc2)c(C)[nH]1. The van der Waals surface area contributed by atoms with Crippen molar-refractivity contribution in [1.82, 2.24) is 25.2 Å². The van der Waals surface area contributed by atoms with E-state index in [2.05, 4.69) is 20.5 Å². The average Bonchev–Trinajstić information content (AvgIpc) is 3.12. The van der Waals surface area contributed by atoms with Gasteiger partial charge in [-0.1, -0.05) is 23.4 Å². The van der Waals surface area contributed by atoms with E-state index in [4.69, 9.17) is 11.6 Å². The highest BCUT2D eigenvalue weighted by Crippen LogP contribution is 2.21. The van der Waals surface area contributed by atoms with Crippen molar-refractivity contribution in [2.75, 3.05) is 5.75 Å². The van der Waals surface area contributed by atoms with Gasteiger partial charge in [-0.15, -0.1) is 5.10 Å². The minimum Gasteiger partial charge on any atom is -0.362 e. The molecular weight excluding hydrogens is 334 g/mol. The van der Waals surface area contributed by atoms with Gasteiger partial charge in [0.1, 0.15) is 0 Å². The third-order valence-electron chi connectivity index (χ3n) is 3.29. The predicted molar refractivity (Wildman–Crippen MR) is 89.5 cm³/mol. The maximum absolute atomic E-state index is 12.3. The molecule has 3 aromatic rings. The summed E-state index contributed by atoms with van der Waals surface area (Å²) in [5.74, 6) is 0.314. The quantitative estimate of drug-likeness (QED) is 0.566. The van der Waals surface area contributed by atoms with Crippen LogP contribution in [0.15, 0.2) is 35.5 Å². The number of ketones is 1. The normalized spacial score (nSPS) is 10.9. The van der Waals surface area contributed by atoms with E-state index in [0.29, 0.717) is 15.7 Å². The van der Waals surface area contributed by atoms with Gasteiger partial charge in [0.2, 0.25) is 5.16 Å². The number of carbonyl (C=O) groups is 1. The third kappa shape index (κ3) is 3.46. The maximum Gasteiger partial charge on any atom is 0.214 e. The van der Waals surface area contributed by atoms with Gasteiger partial charge >= 0.3 is 0 Å². The zero-order valence-electron chi connectivity index (χ0n) is 12.6. The van der Waals surface area contributed by atoms with Crippen LogP contribution in [-0.4, -0.2) is 36.7 Å². The Morgan fingerprint density at radius 2 is 2.04 bits per heavy atom. The first-order valence-corrected chi connectivity index (χ1v) is 8.27. The first-order chi connectivity index (χ1) is 11.0. The van der Waals surface area contributed by atoms with Crippen molar-refractivity contribution in [3.05, 3.63) is 52.3 Å². The van der Waals surface area contributed by atoms with E-state index in [9.17, 15) is 4.79 Å². The molecule has 0 amide bonds. The van der Waals surface area contributed by atoms with Crippen molar-refractivity contribution in [3.8, 4) is 5.69 Å². The van der Waals surface area contributed by atoms with Gasteiger partial charge in [0, 0.05) is 22.0 Å². The molecule has 0 bridgehead atoms. The minimum atomic E-state index is 0.0440. The molecule has 0 radical (unpaired) electrons. The zero-order chi connectivity index (χ0) is 16.4. The lowest BCUT2D eigenvalue weighted by Crippen LogP contribution is -2.05. The van der Waals surface area contributed by atoms with Crippen molar-refractivity contribution in [3.63, 3.8) is 0 Å². The minimum absolute atomic E-state index is 0.0440. The second-order valence-electron chi connectivity index (χ2n) is 5.05. The molecule has 0 saturated heterocycles.